The van der Waals surface area contributed by atoms with E-state index < -0.39 is 0 Å². The van der Waals surface area contributed by atoms with Crippen molar-refractivity contribution in [1.82, 2.24) is 29.9 Å². The molecule has 3 fully saturated rings. The number of aryl methyl sites for hydroxylation is 3. The van der Waals surface area contributed by atoms with Crippen LogP contribution < -0.4 is 9.80 Å². The lowest BCUT2D eigenvalue weighted by Crippen LogP contribution is -2.53. The smallest absolute Gasteiger partial charge is 0.162 e. The van der Waals surface area contributed by atoms with Gasteiger partial charge >= 0.3 is 0 Å². The van der Waals surface area contributed by atoms with Crippen molar-refractivity contribution in [2.75, 3.05) is 36.0 Å². The molecule has 3 aliphatic heterocycles. The van der Waals surface area contributed by atoms with Crippen LogP contribution in [0.5, 0.6) is 0 Å². The van der Waals surface area contributed by atoms with Crippen LogP contribution in [0, 0.1) is 19.8 Å². The fourth-order valence-corrected chi connectivity index (χ4v) is 7.23. The molecule has 0 amide bonds. The third-order valence-corrected chi connectivity index (χ3v) is 9.48. The number of hydrogen-bond donors (Lipinski definition) is 1. The van der Waals surface area contributed by atoms with E-state index in [-0.39, 0.29) is 0 Å². The van der Waals surface area contributed by atoms with Crippen LogP contribution in [0.3, 0.4) is 0 Å². The van der Waals surface area contributed by atoms with Gasteiger partial charge in [0.2, 0.25) is 0 Å². The second kappa shape index (κ2) is 8.66. The first kappa shape index (κ1) is 23.7. The number of benzene rings is 1. The minimum Gasteiger partial charge on any atom is -0.377 e. The molecule has 1 N–H and O–H groups in total. The minimum absolute atomic E-state index is 0.397. The largest absolute Gasteiger partial charge is 0.377 e. The van der Waals surface area contributed by atoms with Crippen molar-refractivity contribution < 1.29 is 4.74 Å². The Hall–Kier alpha value is -3.17. The van der Waals surface area contributed by atoms with E-state index in [0.29, 0.717) is 17.9 Å². The van der Waals surface area contributed by atoms with Crippen molar-refractivity contribution in [2.45, 2.75) is 58.1 Å². The maximum atomic E-state index is 6.95. The molecular formula is C29H33ClN8O. The third-order valence-electron chi connectivity index (χ3n) is 9.12. The number of rotatable bonds is 4. The first-order chi connectivity index (χ1) is 19.0. The number of anilines is 2. The molecule has 3 aromatic heterocycles. The van der Waals surface area contributed by atoms with Crippen LogP contribution in [0.4, 0.5) is 11.6 Å². The van der Waals surface area contributed by atoms with Crippen molar-refractivity contribution in [3.05, 3.63) is 45.4 Å². The number of aromatic nitrogens is 6. The molecule has 2 saturated heterocycles. The molecule has 1 aromatic carbocycles. The first-order valence-corrected chi connectivity index (χ1v) is 14.5. The van der Waals surface area contributed by atoms with E-state index in [1.807, 2.05) is 18.7 Å². The maximum absolute atomic E-state index is 6.95. The van der Waals surface area contributed by atoms with Crippen LogP contribution in [0.15, 0.2) is 12.1 Å². The zero-order valence-electron chi connectivity index (χ0n) is 22.7. The highest BCUT2D eigenvalue weighted by Crippen LogP contribution is 2.46. The van der Waals surface area contributed by atoms with Gasteiger partial charge in [-0.2, -0.15) is 10.2 Å². The Kier molecular flexibility index (Phi) is 5.26. The Balaban J connectivity index is 1.25. The lowest BCUT2D eigenvalue weighted by Gasteiger charge is -2.46. The van der Waals surface area contributed by atoms with Gasteiger partial charge in [0.05, 0.1) is 35.3 Å². The number of hydrogen-bond acceptors (Lipinski definition) is 7. The molecular weight excluding hydrogens is 512 g/mol. The van der Waals surface area contributed by atoms with Crippen LogP contribution in [0.1, 0.15) is 53.4 Å². The molecule has 4 aliphatic rings. The summed E-state index contributed by atoms with van der Waals surface area (Å²) >= 11 is 6.95. The Bertz CT molecular complexity index is 1620. The zero-order valence-corrected chi connectivity index (χ0v) is 23.4. The minimum atomic E-state index is 0.397. The molecule has 1 saturated carbocycles. The molecule has 8 rings (SSSR count). The molecule has 202 valence electrons. The summed E-state index contributed by atoms with van der Waals surface area (Å²) in [5, 5.41) is 14.4. The molecule has 10 heteroatoms. The fourth-order valence-electron chi connectivity index (χ4n) is 6.79. The van der Waals surface area contributed by atoms with Gasteiger partial charge in [-0.3, -0.25) is 9.78 Å². The average molecular weight is 545 g/mol. The van der Waals surface area contributed by atoms with Gasteiger partial charge in [-0.1, -0.05) is 17.7 Å². The van der Waals surface area contributed by atoms with E-state index >= 15 is 0 Å². The van der Waals surface area contributed by atoms with Crippen molar-refractivity contribution in [2.24, 2.45) is 13.0 Å². The van der Waals surface area contributed by atoms with Gasteiger partial charge in [-0.25, -0.2) is 9.97 Å². The van der Waals surface area contributed by atoms with E-state index in [1.54, 1.807) is 0 Å². The number of halogens is 1. The average Bonchev–Trinajstić information content (AvgIpc) is 3.63. The Morgan fingerprint density at radius 2 is 1.95 bits per heavy atom. The first-order valence-electron chi connectivity index (χ1n) is 14.1. The molecule has 1 aliphatic carbocycles. The number of aromatic amines is 1. The predicted molar refractivity (Wildman–Crippen MR) is 152 cm³/mol. The van der Waals surface area contributed by atoms with Crippen molar-refractivity contribution in [3.63, 3.8) is 0 Å². The highest BCUT2D eigenvalue weighted by Gasteiger charge is 2.40. The van der Waals surface area contributed by atoms with Crippen LogP contribution in [-0.4, -0.2) is 62.3 Å². The Morgan fingerprint density at radius 3 is 2.72 bits per heavy atom. The standard InChI is InChI=1S/C29H33ClN8O/c1-15-4-7-21-24(16(2)33-34-21)23(15)27-31-20-8-10-38(29-25(30)26(17-5-6-17)35-36(29)3)13-19(20)28(32-27)37-11-9-22-18(12-37)14-39-22/h4,7,17-18,22H,5-6,8-14H2,1-3H3,(H,33,34)/t18-,22-/m1/s1. The second-order valence-electron chi connectivity index (χ2n) is 11.7. The third kappa shape index (κ3) is 3.69. The lowest BCUT2D eigenvalue weighted by molar-refractivity contribution is -0.121. The summed E-state index contributed by atoms with van der Waals surface area (Å²) in [6.45, 7) is 8.52. The van der Waals surface area contributed by atoms with Crippen molar-refractivity contribution in [3.8, 4) is 11.4 Å². The van der Waals surface area contributed by atoms with Gasteiger partial charge in [0.15, 0.2) is 5.82 Å². The molecule has 0 spiro atoms. The van der Waals surface area contributed by atoms with E-state index in [4.69, 9.17) is 31.4 Å². The Morgan fingerprint density at radius 1 is 1.08 bits per heavy atom. The van der Waals surface area contributed by atoms with Gasteiger partial charge in [0.1, 0.15) is 16.7 Å². The van der Waals surface area contributed by atoms with Gasteiger partial charge < -0.3 is 14.5 Å². The number of piperidine rings is 1. The van der Waals surface area contributed by atoms with Crippen LogP contribution in [0.2, 0.25) is 5.02 Å². The fraction of sp³-hybridized carbons (Fsp3) is 0.517. The maximum Gasteiger partial charge on any atom is 0.162 e. The topological polar surface area (TPSA) is 88.0 Å². The highest BCUT2D eigenvalue weighted by atomic mass is 35.5. The predicted octanol–water partition coefficient (Wildman–Crippen LogP) is 4.69. The van der Waals surface area contributed by atoms with E-state index in [9.17, 15) is 0 Å². The summed E-state index contributed by atoms with van der Waals surface area (Å²) in [4.78, 5) is 15.5. The van der Waals surface area contributed by atoms with Crippen LogP contribution >= 0.6 is 11.6 Å². The molecule has 9 nitrogen and oxygen atoms in total. The summed E-state index contributed by atoms with van der Waals surface area (Å²) in [5.41, 5.74) is 7.64. The van der Waals surface area contributed by atoms with Gasteiger partial charge in [0.25, 0.3) is 0 Å². The van der Waals surface area contributed by atoms with Gasteiger partial charge in [-0.05, 0) is 44.7 Å². The quantitative estimate of drug-likeness (QED) is 0.399. The second-order valence-corrected chi connectivity index (χ2v) is 12.1. The number of fused-ring (bicyclic) bond motifs is 3. The lowest BCUT2D eigenvalue weighted by atomic mass is 9.90. The summed E-state index contributed by atoms with van der Waals surface area (Å²) in [6, 6.07) is 4.23. The molecule has 39 heavy (non-hydrogen) atoms. The molecule has 6 heterocycles. The van der Waals surface area contributed by atoms with Gasteiger partial charge in [0, 0.05) is 68.0 Å². The van der Waals surface area contributed by atoms with E-state index in [0.717, 1.165) is 107 Å². The van der Waals surface area contributed by atoms with Crippen molar-refractivity contribution in [1.29, 1.82) is 0 Å². The zero-order chi connectivity index (χ0) is 26.4. The highest BCUT2D eigenvalue weighted by molar-refractivity contribution is 6.33. The molecule has 4 aromatic rings. The molecule has 0 bridgehead atoms. The summed E-state index contributed by atoms with van der Waals surface area (Å²) in [5.74, 6) is 3.95. The normalized spacial score (nSPS) is 22.7. The SMILES string of the molecule is Cc1ccc2[nH]nc(C)c2c1-c1nc2c(c(N3CC[C@H]4OC[C@H]4C3)n1)CN(c1c(Cl)c(C3CC3)nn1C)CC2. The summed E-state index contributed by atoms with van der Waals surface area (Å²) in [7, 11) is 2.02. The molecule has 2 atom stereocenters. The molecule has 0 unspecified atom stereocenters. The van der Waals surface area contributed by atoms with E-state index in [2.05, 4.69) is 39.1 Å². The number of H-pyrrole nitrogens is 1. The number of nitrogens with one attached hydrogen (secondary N) is 1. The van der Waals surface area contributed by atoms with Crippen molar-refractivity contribution >= 4 is 34.1 Å². The summed E-state index contributed by atoms with van der Waals surface area (Å²) < 4.78 is 7.79. The van der Waals surface area contributed by atoms with Crippen LogP contribution in [-0.2, 0) is 24.8 Å². The number of ether oxygens (including phenoxy) is 1. The Labute approximate surface area is 232 Å². The van der Waals surface area contributed by atoms with E-state index in [1.165, 1.54) is 18.4 Å². The molecule has 0 radical (unpaired) electrons. The number of nitrogens with zero attached hydrogens (tertiary/aromatic N) is 7. The summed E-state index contributed by atoms with van der Waals surface area (Å²) in [6.07, 6.45) is 4.64. The van der Waals surface area contributed by atoms with Crippen LogP contribution in [0.25, 0.3) is 22.3 Å². The van der Waals surface area contributed by atoms with Gasteiger partial charge in [-0.15, -0.1) is 0 Å². The monoisotopic (exact) mass is 544 g/mol.